The molecule has 1 aromatic heterocycles. The van der Waals surface area contributed by atoms with Crippen molar-refractivity contribution in [3.05, 3.63) is 23.0 Å². The summed E-state index contributed by atoms with van der Waals surface area (Å²) < 4.78 is 31.0. The molecule has 1 aromatic rings. The van der Waals surface area contributed by atoms with Gasteiger partial charge in [0.25, 0.3) is 0 Å². The third-order valence-electron chi connectivity index (χ3n) is 2.71. The second-order valence-corrected chi connectivity index (χ2v) is 6.72. The predicted octanol–water partition coefficient (Wildman–Crippen LogP) is 2.01. The lowest BCUT2D eigenvalue weighted by atomic mass is 10.3. The number of aromatic nitrogens is 1. The van der Waals surface area contributed by atoms with Crippen molar-refractivity contribution in [2.24, 2.45) is 0 Å². The highest BCUT2D eigenvalue weighted by Gasteiger charge is 2.27. The van der Waals surface area contributed by atoms with Crippen molar-refractivity contribution in [2.75, 3.05) is 19.7 Å². The summed E-state index contributed by atoms with van der Waals surface area (Å²) in [5.74, 6) is -0.576. The van der Waals surface area contributed by atoms with Crippen LogP contribution in [-0.4, -0.2) is 43.4 Å². The standard InChI is InChI=1S/C13H19ClN2O4S/c1-4-6-16(9-12(17)20-5-2)21(18,19)11-7-10(3)13(14)15-8-11/h7-8H,4-6,9H2,1-3H3. The predicted molar refractivity (Wildman–Crippen MR) is 79.7 cm³/mol. The number of ether oxygens (including phenoxy) is 1. The van der Waals surface area contributed by atoms with Crippen LogP contribution >= 0.6 is 11.6 Å². The maximum Gasteiger partial charge on any atom is 0.321 e. The minimum atomic E-state index is -3.80. The fourth-order valence-corrected chi connectivity index (χ4v) is 3.32. The van der Waals surface area contributed by atoms with Crippen molar-refractivity contribution < 1.29 is 17.9 Å². The average molecular weight is 335 g/mol. The van der Waals surface area contributed by atoms with E-state index in [1.807, 2.05) is 6.92 Å². The Kier molecular flexibility index (Phi) is 6.57. The zero-order valence-corrected chi connectivity index (χ0v) is 13.9. The second kappa shape index (κ2) is 7.72. The number of aryl methyl sites for hydroxylation is 1. The molecule has 0 aliphatic heterocycles. The number of hydrogen-bond donors (Lipinski definition) is 0. The summed E-state index contributed by atoms with van der Waals surface area (Å²) in [5, 5.41) is 0.251. The molecule has 0 amide bonds. The third-order valence-corrected chi connectivity index (χ3v) is 4.92. The molecule has 1 rings (SSSR count). The van der Waals surface area contributed by atoms with Crippen LogP contribution < -0.4 is 0 Å². The number of carbonyl (C=O) groups is 1. The van der Waals surface area contributed by atoms with Crippen molar-refractivity contribution in [1.29, 1.82) is 0 Å². The van der Waals surface area contributed by atoms with Crippen LogP contribution in [0.4, 0.5) is 0 Å². The van der Waals surface area contributed by atoms with Crippen LogP contribution in [-0.2, 0) is 19.6 Å². The lowest BCUT2D eigenvalue weighted by Gasteiger charge is -2.20. The van der Waals surface area contributed by atoms with Crippen molar-refractivity contribution in [1.82, 2.24) is 9.29 Å². The molecule has 0 atom stereocenters. The SMILES string of the molecule is CCCN(CC(=O)OCC)S(=O)(=O)c1cnc(Cl)c(C)c1. The number of rotatable bonds is 7. The first-order chi connectivity index (χ1) is 9.82. The number of pyridine rings is 1. The zero-order chi connectivity index (χ0) is 16.0. The highest BCUT2D eigenvalue weighted by Crippen LogP contribution is 2.20. The molecule has 0 aromatic carbocycles. The van der Waals surface area contributed by atoms with Gasteiger partial charge in [-0.15, -0.1) is 0 Å². The second-order valence-electron chi connectivity index (χ2n) is 4.42. The topological polar surface area (TPSA) is 76.6 Å². The average Bonchev–Trinajstić information content (AvgIpc) is 2.41. The molecule has 0 bridgehead atoms. The molecule has 1 heterocycles. The first-order valence-corrected chi connectivity index (χ1v) is 8.42. The summed E-state index contributed by atoms with van der Waals surface area (Å²) in [4.78, 5) is 15.4. The molecule has 0 aliphatic carbocycles. The number of carbonyl (C=O) groups excluding carboxylic acids is 1. The molecule has 21 heavy (non-hydrogen) atoms. The van der Waals surface area contributed by atoms with E-state index in [-0.39, 0.29) is 29.7 Å². The number of sulfonamides is 1. The molecule has 0 aliphatic rings. The first-order valence-electron chi connectivity index (χ1n) is 6.60. The van der Waals surface area contributed by atoms with E-state index < -0.39 is 16.0 Å². The first kappa shape index (κ1) is 17.9. The maximum atomic E-state index is 12.6. The Bertz CT molecular complexity index is 604. The normalized spacial score (nSPS) is 11.7. The van der Waals surface area contributed by atoms with E-state index in [0.29, 0.717) is 12.0 Å². The van der Waals surface area contributed by atoms with Crippen molar-refractivity contribution in [3.8, 4) is 0 Å². The Morgan fingerprint density at radius 1 is 1.43 bits per heavy atom. The van der Waals surface area contributed by atoms with Crippen LogP contribution in [0.15, 0.2) is 17.2 Å². The van der Waals surface area contributed by atoms with Crippen molar-refractivity contribution in [3.63, 3.8) is 0 Å². The van der Waals surface area contributed by atoms with Crippen LogP contribution in [0.5, 0.6) is 0 Å². The third kappa shape index (κ3) is 4.66. The quantitative estimate of drug-likeness (QED) is 0.563. The van der Waals surface area contributed by atoms with E-state index in [0.717, 1.165) is 4.31 Å². The summed E-state index contributed by atoms with van der Waals surface area (Å²) in [6.45, 7) is 5.29. The van der Waals surface area contributed by atoms with Crippen LogP contribution in [0.1, 0.15) is 25.8 Å². The number of halogens is 1. The van der Waals surface area contributed by atoms with Crippen molar-refractivity contribution in [2.45, 2.75) is 32.1 Å². The van der Waals surface area contributed by atoms with Gasteiger partial charge in [-0.3, -0.25) is 4.79 Å². The van der Waals surface area contributed by atoms with Crippen LogP contribution in [0.25, 0.3) is 0 Å². The van der Waals surface area contributed by atoms with Gasteiger partial charge < -0.3 is 4.74 Å². The van der Waals surface area contributed by atoms with Gasteiger partial charge in [-0.2, -0.15) is 4.31 Å². The van der Waals surface area contributed by atoms with E-state index in [1.54, 1.807) is 13.8 Å². The lowest BCUT2D eigenvalue weighted by molar-refractivity contribution is -0.143. The van der Waals surface area contributed by atoms with Gasteiger partial charge in [0.2, 0.25) is 10.0 Å². The monoisotopic (exact) mass is 334 g/mol. The Morgan fingerprint density at radius 2 is 2.10 bits per heavy atom. The summed E-state index contributed by atoms with van der Waals surface area (Å²) >= 11 is 5.80. The molecule has 0 unspecified atom stereocenters. The minimum absolute atomic E-state index is 0.0159. The fraction of sp³-hybridized carbons (Fsp3) is 0.538. The molecule has 0 saturated carbocycles. The Hall–Kier alpha value is -1.18. The molecular formula is C13H19ClN2O4S. The summed E-state index contributed by atoms with van der Waals surface area (Å²) in [6, 6.07) is 1.44. The van der Waals surface area contributed by atoms with Gasteiger partial charge >= 0.3 is 5.97 Å². The Labute approximate surface area is 130 Å². The molecular weight excluding hydrogens is 316 g/mol. The molecule has 6 nitrogen and oxygen atoms in total. The molecule has 0 spiro atoms. The smallest absolute Gasteiger partial charge is 0.321 e. The number of esters is 1. The molecule has 0 N–H and O–H groups in total. The maximum absolute atomic E-state index is 12.6. The molecule has 0 fully saturated rings. The summed E-state index contributed by atoms with van der Waals surface area (Å²) in [6.07, 6.45) is 1.77. The van der Waals surface area contributed by atoms with E-state index >= 15 is 0 Å². The molecule has 0 radical (unpaired) electrons. The fourth-order valence-electron chi connectivity index (χ4n) is 1.71. The van der Waals surface area contributed by atoms with Crippen LogP contribution in [0.3, 0.4) is 0 Å². The molecule has 0 saturated heterocycles. The van der Waals surface area contributed by atoms with Crippen LogP contribution in [0, 0.1) is 6.92 Å². The van der Waals surface area contributed by atoms with Crippen LogP contribution in [0.2, 0.25) is 5.15 Å². The van der Waals surface area contributed by atoms with E-state index in [4.69, 9.17) is 16.3 Å². The van der Waals surface area contributed by atoms with Gasteiger partial charge in [0.1, 0.15) is 16.6 Å². The summed E-state index contributed by atoms with van der Waals surface area (Å²) in [5.41, 5.74) is 0.560. The Balaban J connectivity index is 3.09. The minimum Gasteiger partial charge on any atom is -0.465 e. The highest BCUT2D eigenvalue weighted by molar-refractivity contribution is 7.89. The largest absolute Gasteiger partial charge is 0.465 e. The van der Waals surface area contributed by atoms with Gasteiger partial charge in [-0.25, -0.2) is 13.4 Å². The lowest BCUT2D eigenvalue weighted by Crippen LogP contribution is -2.37. The summed E-state index contributed by atoms with van der Waals surface area (Å²) in [7, 11) is -3.80. The van der Waals surface area contributed by atoms with Gasteiger partial charge in [0.05, 0.1) is 6.61 Å². The highest BCUT2D eigenvalue weighted by atomic mass is 35.5. The number of nitrogens with zero attached hydrogens (tertiary/aromatic N) is 2. The van der Waals surface area contributed by atoms with E-state index in [9.17, 15) is 13.2 Å². The van der Waals surface area contributed by atoms with Crippen molar-refractivity contribution >= 4 is 27.6 Å². The zero-order valence-electron chi connectivity index (χ0n) is 12.3. The van der Waals surface area contributed by atoms with Gasteiger partial charge in [-0.05, 0) is 31.9 Å². The van der Waals surface area contributed by atoms with Gasteiger partial charge in [0, 0.05) is 12.7 Å². The Morgan fingerprint density at radius 3 is 2.62 bits per heavy atom. The number of hydrogen-bond acceptors (Lipinski definition) is 5. The van der Waals surface area contributed by atoms with Gasteiger partial charge in [0.15, 0.2) is 0 Å². The van der Waals surface area contributed by atoms with Gasteiger partial charge in [-0.1, -0.05) is 18.5 Å². The molecule has 118 valence electrons. The molecule has 8 heteroatoms. The van der Waals surface area contributed by atoms with E-state index in [1.165, 1.54) is 12.3 Å². The van der Waals surface area contributed by atoms with E-state index in [2.05, 4.69) is 4.98 Å².